The molecule has 0 spiro atoms. The predicted molar refractivity (Wildman–Crippen MR) is 174 cm³/mol. The SMILES string of the molecule is CC(C)(c1cccc(Cl)c1)C(OC(=O)N[C@@H](CC1CCCCC1)C(=O)N[C@H](C=O)C[C@@H]1CCNC1=O)c1ccc2c(c1)CCC2. The molecule has 1 saturated carbocycles. The number of carbonyl (C=O) groups excluding carboxylic acids is 4. The monoisotopic (exact) mass is 635 g/mol. The van der Waals surface area contributed by atoms with E-state index in [0.717, 1.165) is 56.1 Å². The molecule has 45 heavy (non-hydrogen) atoms. The fourth-order valence-electron chi connectivity index (χ4n) is 7.31. The zero-order chi connectivity index (χ0) is 32.0. The lowest BCUT2D eigenvalue weighted by atomic mass is 9.76. The number of aryl methyl sites for hydroxylation is 2. The van der Waals surface area contributed by atoms with Crippen LogP contribution in [0.2, 0.25) is 5.02 Å². The predicted octanol–water partition coefficient (Wildman–Crippen LogP) is 6.12. The highest BCUT2D eigenvalue weighted by Crippen LogP contribution is 2.41. The van der Waals surface area contributed by atoms with Crippen molar-refractivity contribution in [1.82, 2.24) is 16.0 Å². The van der Waals surface area contributed by atoms with Crippen LogP contribution in [0.25, 0.3) is 0 Å². The number of amides is 3. The van der Waals surface area contributed by atoms with Crippen LogP contribution >= 0.6 is 11.6 Å². The van der Waals surface area contributed by atoms with E-state index in [1.165, 1.54) is 17.5 Å². The van der Waals surface area contributed by atoms with E-state index in [-0.39, 0.29) is 24.2 Å². The van der Waals surface area contributed by atoms with Crippen molar-refractivity contribution in [2.45, 2.75) is 108 Å². The molecule has 242 valence electrons. The van der Waals surface area contributed by atoms with Crippen LogP contribution < -0.4 is 16.0 Å². The molecule has 4 atom stereocenters. The standard InChI is InChI=1S/C36H46ClN3O5/c1-36(2,28-12-7-13-29(37)21-28)32(26-15-14-24-10-6-11-25(24)19-26)45-35(44)40-31(18-23-8-4-3-5-9-23)34(43)39-30(22-41)20-27-16-17-38-33(27)42/h7,12-15,19,21-23,27,30-32H,3-6,8-11,16-18,20H2,1-2H3,(H,38,42)(H,39,43)(H,40,44)/t27-,30-,31-,32?/m0/s1. The molecule has 8 nitrogen and oxygen atoms in total. The number of nitrogens with one attached hydrogen (secondary N) is 3. The maximum atomic E-state index is 13.8. The summed E-state index contributed by atoms with van der Waals surface area (Å²) in [7, 11) is 0. The molecule has 0 radical (unpaired) electrons. The number of fused-ring (bicyclic) bond motifs is 1. The summed E-state index contributed by atoms with van der Waals surface area (Å²) in [4.78, 5) is 51.5. The van der Waals surface area contributed by atoms with Gasteiger partial charge < -0.3 is 25.5 Å². The Kier molecular flexibility index (Phi) is 10.9. The zero-order valence-corrected chi connectivity index (χ0v) is 27.2. The lowest BCUT2D eigenvalue weighted by molar-refractivity contribution is -0.127. The lowest BCUT2D eigenvalue weighted by Crippen LogP contribution is -2.52. The zero-order valence-electron chi connectivity index (χ0n) is 26.4. The van der Waals surface area contributed by atoms with Crippen molar-refractivity contribution < 1.29 is 23.9 Å². The number of hydrogen-bond acceptors (Lipinski definition) is 5. The van der Waals surface area contributed by atoms with Crippen LogP contribution in [-0.4, -0.2) is 42.8 Å². The van der Waals surface area contributed by atoms with Gasteiger partial charge in [-0.2, -0.15) is 0 Å². The maximum Gasteiger partial charge on any atom is 0.408 e. The first-order chi connectivity index (χ1) is 21.6. The molecular weight excluding hydrogens is 590 g/mol. The van der Waals surface area contributed by atoms with Gasteiger partial charge in [-0.15, -0.1) is 0 Å². The van der Waals surface area contributed by atoms with E-state index in [0.29, 0.717) is 30.7 Å². The second-order valence-corrected chi connectivity index (χ2v) is 14.0. The number of rotatable bonds is 12. The fraction of sp³-hybridized carbons (Fsp3) is 0.556. The highest BCUT2D eigenvalue weighted by Gasteiger charge is 2.38. The van der Waals surface area contributed by atoms with Crippen molar-refractivity contribution >= 4 is 35.8 Å². The highest BCUT2D eigenvalue weighted by molar-refractivity contribution is 6.30. The van der Waals surface area contributed by atoms with E-state index >= 15 is 0 Å². The topological polar surface area (TPSA) is 114 Å². The van der Waals surface area contributed by atoms with Gasteiger partial charge in [0.05, 0.1) is 6.04 Å². The van der Waals surface area contributed by atoms with Gasteiger partial charge in [0, 0.05) is 22.9 Å². The Morgan fingerprint density at radius 1 is 1.00 bits per heavy atom. The Morgan fingerprint density at radius 3 is 2.49 bits per heavy atom. The van der Waals surface area contributed by atoms with Gasteiger partial charge in [-0.3, -0.25) is 9.59 Å². The average Bonchev–Trinajstić information content (AvgIpc) is 3.67. The molecule has 0 bridgehead atoms. The maximum absolute atomic E-state index is 13.8. The van der Waals surface area contributed by atoms with Gasteiger partial charge in [0.2, 0.25) is 11.8 Å². The number of halogens is 1. The minimum Gasteiger partial charge on any atom is -0.440 e. The number of alkyl carbamates (subject to hydrolysis) is 1. The van der Waals surface area contributed by atoms with Crippen molar-refractivity contribution in [3.05, 3.63) is 69.7 Å². The van der Waals surface area contributed by atoms with E-state index in [4.69, 9.17) is 16.3 Å². The molecule has 9 heteroatoms. The van der Waals surface area contributed by atoms with Crippen LogP contribution in [-0.2, 0) is 37.4 Å². The fourth-order valence-corrected chi connectivity index (χ4v) is 7.50. The van der Waals surface area contributed by atoms with Gasteiger partial charge in [0.25, 0.3) is 0 Å². The molecule has 1 heterocycles. The molecule has 1 unspecified atom stereocenters. The van der Waals surface area contributed by atoms with E-state index in [9.17, 15) is 19.2 Å². The largest absolute Gasteiger partial charge is 0.440 e. The van der Waals surface area contributed by atoms with Crippen LogP contribution in [0.4, 0.5) is 4.79 Å². The molecule has 3 N–H and O–H groups in total. The molecule has 2 fully saturated rings. The Labute approximate surface area is 271 Å². The van der Waals surface area contributed by atoms with E-state index in [1.54, 1.807) is 0 Å². The second kappa shape index (κ2) is 14.8. The minimum absolute atomic E-state index is 0.100. The third-order valence-electron chi connectivity index (χ3n) is 9.97. The first kappa shape index (κ1) is 33.0. The van der Waals surface area contributed by atoms with Gasteiger partial charge in [0.15, 0.2) is 0 Å². The smallest absolute Gasteiger partial charge is 0.408 e. The molecule has 2 aromatic carbocycles. The van der Waals surface area contributed by atoms with Crippen LogP contribution in [0.15, 0.2) is 42.5 Å². The van der Waals surface area contributed by atoms with Crippen LogP contribution in [0.1, 0.15) is 100.0 Å². The molecule has 2 aliphatic carbocycles. The van der Waals surface area contributed by atoms with Gasteiger partial charge in [0.1, 0.15) is 18.4 Å². The quantitative estimate of drug-likeness (QED) is 0.243. The number of benzene rings is 2. The molecule has 3 aliphatic rings. The summed E-state index contributed by atoms with van der Waals surface area (Å²) in [6.45, 7) is 4.63. The summed E-state index contributed by atoms with van der Waals surface area (Å²) >= 11 is 6.38. The molecule has 1 aliphatic heterocycles. The molecule has 1 saturated heterocycles. The van der Waals surface area contributed by atoms with Crippen molar-refractivity contribution in [2.75, 3.05) is 6.54 Å². The van der Waals surface area contributed by atoms with E-state index < -0.39 is 35.6 Å². The summed E-state index contributed by atoms with van der Waals surface area (Å²) in [6.07, 6.45) is 9.10. The second-order valence-electron chi connectivity index (χ2n) is 13.6. The third kappa shape index (κ3) is 8.26. The first-order valence-corrected chi connectivity index (χ1v) is 16.9. The molecule has 0 aromatic heterocycles. The minimum atomic E-state index is -0.879. The van der Waals surface area contributed by atoms with Crippen molar-refractivity contribution in [2.24, 2.45) is 11.8 Å². The molecule has 3 amide bonds. The van der Waals surface area contributed by atoms with Crippen molar-refractivity contribution in [1.29, 1.82) is 0 Å². The number of carbonyl (C=O) groups is 4. The summed E-state index contributed by atoms with van der Waals surface area (Å²) in [6, 6.07) is 12.2. The van der Waals surface area contributed by atoms with Crippen molar-refractivity contribution in [3.63, 3.8) is 0 Å². The summed E-state index contributed by atoms with van der Waals surface area (Å²) in [5.74, 6) is -0.579. The summed E-state index contributed by atoms with van der Waals surface area (Å²) in [5, 5.41) is 9.08. The highest BCUT2D eigenvalue weighted by atomic mass is 35.5. The van der Waals surface area contributed by atoms with Crippen molar-refractivity contribution in [3.8, 4) is 0 Å². The Hall–Kier alpha value is -3.39. The number of aldehydes is 1. The Bertz CT molecular complexity index is 1390. The lowest BCUT2D eigenvalue weighted by Gasteiger charge is -2.35. The molecular formula is C36H46ClN3O5. The van der Waals surface area contributed by atoms with E-state index in [2.05, 4.69) is 28.1 Å². The summed E-state index contributed by atoms with van der Waals surface area (Å²) < 4.78 is 6.28. The number of ether oxygens (including phenoxy) is 1. The summed E-state index contributed by atoms with van der Waals surface area (Å²) in [5.41, 5.74) is 3.76. The van der Waals surface area contributed by atoms with Gasteiger partial charge in [-0.25, -0.2) is 4.79 Å². The Morgan fingerprint density at radius 2 is 1.78 bits per heavy atom. The third-order valence-corrected chi connectivity index (χ3v) is 10.2. The first-order valence-electron chi connectivity index (χ1n) is 16.5. The van der Waals surface area contributed by atoms with Crippen LogP contribution in [0, 0.1) is 11.8 Å². The van der Waals surface area contributed by atoms with E-state index in [1.807, 2.05) is 44.2 Å². The Balaban J connectivity index is 1.36. The van der Waals surface area contributed by atoms with Crippen LogP contribution in [0.5, 0.6) is 0 Å². The van der Waals surface area contributed by atoms with Gasteiger partial charge >= 0.3 is 6.09 Å². The van der Waals surface area contributed by atoms with Gasteiger partial charge in [-0.1, -0.05) is 87.9 Å². The average molecular weight is 636 g/mol. The molecule has 2 aromatic rings. The van der Waals surface area contributed by atoms with Gasteiger partial charge in [-0.05, 0) is 78.8 Å². The van der Waals surface area contributed by atoms with Crippen LogP contribution in [0.3, 0.4) is 0 Å². The normalized spacial score (nSPS) is 20.4. The molecule has 5 rings (SSSR count). The number of hydrogen-bond donors (Lipinski definition) is 3.